The lowest BCUT2D eigenvalue weighted by Gasteiger charge is -2.11. The molecule has 0 atom stereocenters. The Hall–Kier alpha value is -3.97. The molecule has 4 rings (SSSR count). The van der Waals surface area contributed by atoms with Gasteiger partial charge in [0.05, 0.1) is 5.69 Å². The summed E-state index contributed by atoms with van der Waals surface area (Å²) in [4.78, 5) is 28.0. The van der Waals surface area contributed by atoms with Crippen LogP contribution in [0.1, 0.15) is 6.92 Å². The lowest BCUT2D eigenvalue weighted by atomic mass is 10.1. The molecule has 0 aliphatic carbocycles. The molecule has 0 spiro atoms. The van der Waals surface area contributed by atoms with Gasteiger partial charge < -0.3 is 10.1 Å². The van der Waals surface area contributed by atoms with E-state index in [0.717, 1.165) is 28.1 Å². The van der Waals surface area contributed by atoms with Crippen molar-refractivity contribution in [3.8, 4) is 28.1 Å². The first-order valence-corrected chi connectivity index (χ1v) is 10.9. The van der Waals surface area contributed by atoms with E-state index in [0.29, 0.717) is 10.9 Å². The van der Waals surface area contributed by atoms with Crippen molar-refractivity contribution in [2.75, 3.05) is 17.2 Å². The maximum atomic E-state index is 12.4. The third-order valence-corrected chi connectivity index (χ3v) is 5.34. The van der Waals surface area contributed by atoms with Crippen LogP contribution in [-0.2, 0) is 9.59 Å². The van der Waals surface area contributed by atoms with Gasteiger partial charge in [0.2, 0.25) is 5.91 Å². The number of nitrogens with zero attached hydrogens (tertiary/aromatic N) is 1. The molecule has 0 unspecified atom stereocenters. The Balaban J connectivity index is 1.37. The Morgan fingerprint density at radius 2 is 1.59 bits per heavy atom. The first-order chi connectivity index (χ1) is 15.6. The van der Waals surface area contributed by atoms with Crippen LogP contribution in [0.3, 0.4) is 0 Å². The van der Waals surface area contributed by atoms with Crippen LogP contribution in [-0.4, -0.2) is 23.4 Å². The van der Waals surface area contributed by atoms with Crippen molar-refractivity contribution in [1.82, 2.24) is 4.98 Å². The topological polar surface area (TPSA) is 80.3 Å². The molecule has 0 fully saturated rings. The number of carbonyl (C=O) groups is 2. The van der Waals surface area contributed by atoms with Gasteiger partial charge in [0.25, 0.3) is 5.91 Å². The molecule has 0 aliphatic heterocycles. The summed E-state index contributed by atoms with van der Waals surface area (Å²) in [5, 5.41) is 7.88. The van der Waals surface area contributed by atoms with Crippen LogP contribution in [0.4, 0.5) is 10.8 Å². The van der Waals surface area contributed by atoms with E-state index < -0.39 is 0 Å². The number of para-hydroxylation sites is 1. The molecule has 1 heterocycles. The molecule has 7 heteroatoms. The number of benzene rings is 3. The summed E-state index contributed by atoms with van der Waals surface area (Å²) in [6, 6.07) is 24.9. The SMILES string of the molecule is CC(=O)Nc1ccc(-c2csc(NC(=O)COc3ccccc3-c3ccccc3)n2)cc1. The summed E-state index contributed by atoms with van der Waals surface area (Å²) < 4.78 is 5.79. The zero-order valence-corrected chi connectivity index (χ0v) is 18.2. The second kappa shape index (κ2) is 9.89. The molecule has 4 aromatic rings. The highest BCUT2D eigenvalue weighted by molar-refractivity contribution is 7.14. The third kappa shape index (κ3) is 5.39. The molecule has 0 saturated heterocycles. The molecular weight excluding hydrogens is 422 g/mol. The van der Waals surface area contributed by atoms with Gasteiger partial charge in [-0.1, -0.05) is 60.7 Å². The summed E-state index contributed by atoms with van der Waals surface area (Å²) in [7, 11) is 0. The van der Waals surface area contributed by atoms with Crippen LogP contribution in [0.25, 0.3) is 22.4 Å². The van der Waals surface area contributed by atoms with Gasteiger partial charge in [-0.3, -0.25) is 14.9 Å². The maximum absolute atomic E-state index is 12.4. The van der Waals surface area contributed by atoms with Gasteiger partial charge in [0.15, 0.2) is 11.7 Å². The molecular formula is C25H21N3O3S. The molecule has 6 nitrogen and oxygen atoms in total. The average molecular weight is 444 g/mol. The van der Waals surface area contributed by atoms with E-state index in [4.69, 9.17) is 4.74 Å². The number of rotatable bonds is 7. The van der Waals surface area contributed by atoms with Gasteiger partial charge in [-0.05, 0) is 23.8 Å². The molecule has 1 aromatic heterocycles. The fourth-order valence-corrected chi connectivity index (χ4v) is 3.87. The number of aromatic nitrogens is 1. The number of nitrogens with one attached hydrogen (secondary N) is 2. The number of anilines is 2. The highest BCUT2D eigenvalue weighted by atomic mass is 32.1. The monoisotopic (exact) mass is 443 g/mol. The summed E-state index contributed by atoms with van der Waals surface area (Å²) >= 11 is 1.34. The highest BCUT2D eigenvalue weighted by Crippen LogP contribution is 2.30. The second-order valence-corrected chi connectivity index (χ2v) is 7.85. The molecule has 0 bridgehead atoms. The van der Waals surface area contributed by atoms with Gasteiger partial charge >= 0.3 is 0 Å². The maximum Gasteiger partial charge on any atom is 0.264 e. The van der Waals surface area contributed by atoms with Crippen molar-refractivity contribution < 1.29 is 14.3 Å². The van der Waals surface area contributed by atoms with Crippen LogP contribution in [0, 0.1) is 0 Å². The lowest BCUT2D eigenvalue weighted by molar-refractivity contribution is -0.118. The van der Waals surface area contributed by atoms with Crippen molar-refractivity contribution in [3.05, 3.63) is 84.2 Å². The number of hydrogen-bond acceptors (Lipinski definition) is 5. The summed E-state index contributed by atoms with van der Waals surface area (Å²) in [5.41, 5.74) is 4.31. The first-order valence-electron chi connectivity index (χ1n) is 9.99. The zero-order chi connectivity index (χ0) is 22.3. The van der Waals surface area contributed by atoms with Crippen molar-refractivity contribution >= 4 is 34.0 Å². The molecule has 0 aliphatic rings. The minimum absolute atomic E-state index is 0.120. The van der Waals surface area contributed by atoms with E-state index in [1.54, 1.807) is 0 Å². The number of hydrogen-bond donors (Lipinski definition) is 2. The molecule has 32 heavy (non-hydrogen) atoms. The van der Waals surface area contributed by atoms with E-state index in [1.807, 2.05) is 84.2 Å². The number of ether oxygens (including phenoxy) is 1. The Morgan fingerprint density at radius 3 is 2.34 bits per heavy atom. The quantitative estimate of drug-likeness (QED) is 0.398. The molecule has 0 saturated carbocycles. The van der Waals surface area contributed by atoms with Crippen molar-refractivity contribution in [2.45, 2.75) is 6.92 Å². The molecule has 0 radical (unpaired) electrons. The Kier molecular flexibility index (Phi) is 6.57. The van der Waals surface area contributed by atoms with Gasteiger partial charge in [0.1, 0.15) is 5.75 Å². The predicted octanol–water partition coefficient (Wildman–Crippen LogP) is 5.45. The average Bonchev–Trinajstić information content (AvgIpc) is 3.27. The summed E-state index contributed by atoms with van der Waals surface area (Å²) in [6.07, 6.45) is 0. The van der Waals surface area contributed by atoms with Crippen LogP contribution in [0.2, 0.25) is 0 Å². The van der Waals surface area contributed by atoms with Crippen molar-refractivity contribution in [3.63, 3.8) is 0 Å². The minimum atomic E-state index is -0.283. The number of amides is 2. The molecule has 160 valence electrons. The van der Waals surface area contributed by atoms with E-state index in [2.05, 4.69) is 15.6 Å². The van der Waals surface area contributed by atoms with E-state index in [-0.39, 0.29) is 18.4 Å². The van der Waals surface area contributed by atoms with Gasteiger partial charge in [-0.15, -0.1) is 11.3 Å². The highest BCUT2D eigenvalue weighted by Gasteiger charge is 2.11. The van der Waals surface area contributed by atoms with Gasteiger partial charge in [-0.25, -0.2) is 4.98 Å². The fourth-order valence-electron chi connectivity index (χ4n) is 3.14. The fraction of sp³-hybridized carbons (Fsp3) is 0.0800. The zero-order valence-electron chi connectivity index (χ0n) is 17.4. The Morgan fingerprint density at radius 1 is 0.875 bits per heavy atom. The Labute approximate surface area is 189 Å². The van der Waals surface area contributed by atoms with Crippen LogP contribution >= 0.6 is 11.3 Å². The van der Waals surface area contributed by atoms with Gasteiger partial charge in [0, 0.05) is 29.1 Å². The lowest BCUT2D eigenvalue weighted by Crippen LogP contribution is -2.20. The minimum Gasteiger partial charge on any atom is -0.483 e. The number of thiazole rings is 1. The second-order valence-electron chi connectivity index (χ2n) is 7.00. The van der Waals surface area contributed by atoms with Crippen LogP contribution in [0.15, 0.2) is 84.2 Å². The normalized spacial score (nSPS) is 10.4. The standard InChI is InChI=1S/C25H21N3O3S/c1-17(29)26-20-13-11-19(12-14-20)22-16-32-25(27-22)28-24(30)15-31-23-10-6-5-9-21(23)18-7-3-2-4-8-18/h2-14,16H,15H2,1H3,(H,26,29)(H,27,28,30). The van der Waals surface area contributed by atoms with E-state index >= 15 is 0 Å². The smallest absolute Gasteiger partial charge is 0.264 e. The first kappa shape index (κ1) is 21.3. The molecule has 2 amide bonds. The third-order valence-electron chi connectivity index (χ3n) is 4.58. The van der Waals surface area contributed by atoms with Crippen molar-refractivity contribution in [2.24, 2.45) is 0 Å². The summed E-state index contributed by atoms with van der Waals surface area (Å²) in [5.74, 6) is 0.243. The van der Waals surface area contributed by atoms with E-state index in [1.165, 1.54) is 18.3 Å². The predicted molar refractivity (Wildman–Crippen MR) is 128 cm³/mol. The van der Waals surface area contributed by atoms with Crippen LogP contribution < -0.4 is 15.4 Å². The largest absolute Gasteiger partial charge is 0.483 e. The number of carbonyl (C=O) groups excluding carboxylic acids is 2. The molecule has 3 aromatic carbocycles. The summed E-state index contributed by atoms with van der Waals surface area (Å²) in [6.45, 7) is 1.34. The Bertz CT molecular complexity index is 1220. The van der Waals surface area contributed by atoms with Crippen molar-refractivity contribution in [1.29, 1.82) is 0 Å². The van der Waals surface area contributed by atoms with Crippen LogP contribution in [0.5, 0.6) is 5.75 Å². The van der Waals surface area contributed by atoms with Gasteiger partial charge in [-0.2, -0.15) is 0 Å². The van der Waals surface area contributed by atoms with E-state index in [9.17, 15) is 9.59 Å². The molecule has 2 N–H and O–H groups in total.